The highest BCUT2D eigenvalue weighted by Gasteiger charge is 2.33. The molecular formula is C18H22N2O. The first-order valence-corrected chi connectivity index (χ1v) is 7.65. The van der Waals surface area contributed by atoms with Crippen LogP contribution >= 0.6 is 0 Å². The largest absolute Gasteiger partial charge is 0.492 e. The molecule has 0 atom stereocenters. The highest BCUT2D eigenvalue weighted by molar-refractivity contribution is 5.69. The number of hydrogen-bond acceptors (Lipinski definition) is 3. The van der Waals surface area contributed by atoms with Crippen molar-refractivity contribution in [2.75, 3.05) is 13.2 Å². The van der Waals surface area contributed by atoms with E-state index in [1.165, 1.54) is 25.7 Å². The topological polar surface area (TPSA) is 48.1 Å². The van der Waals surface area contributed by atoms with Crippen LogP contribution in [0.25, 0.3) is 11.1 Å². The Kier molecular flexibility index (Phi) is 4.20. The van der Waals surface area contributed by atoms with Crippen molar-refractivity contribution < 1.29 is 4.74 Å². The van der Waals surface area contributed by atoms with E-state index in [9.17, 15) is 0 Å². The van der Waals surface area contributed by atoms with Crippen molar-refractivity contribution in [2.24, 2.45) is 11.1 Å². The third-order valence-electron chi connectivity index (χ3n) is 4.51. The Morgan fingerprint density at radius 1 is 1.05 bits per heavy atom. The third-order valence-corrected chi connectivity index (χ3v) is 4.51. The van der Waals surface area contributed by atoms with Crippen LogP contribution in [0.5, 0.6) is 5.75 Å². The van der Waals surface area contributed by atoms with Gasteiger partial charge in [0, 0.05) is 29.9 Å². The Labute approximate surface area is 126 Å². The average molecular weight is 282 g/mol. The summed E-state index contributed by atoms with van der Waals surface area (Å²) in [6.07, 6.45) is 8.52. The molecule has 0 amide bonds. The molecule has 0 radical (unpaired) electrons. The molecule has 21 heavy (non-hydrogen) atoms. The summed E-state index contributed by atoms with van der Waals surface area (Å²) < 4.78 is 6.17. The van der Waals surface area contributed by atoms with Gasteiger partial charge in [-0.3, -0.25) is 4.98 Å². The number of rotatable bonds is 5. The van der Waals surface area contributed by atoms with E-state index in [1.54, 1.807) is 0 Å². The molecule has 1 saturated carbocycles. The number of ether oxygens (including phenoxy) is 1. The molecule has 110 valence electrons. The van der Waals surface area contributed by atoms with Crippen LogP contribution in [0.15, 0.2) is 48.8 Å². The fourth-order valence-corrected chi connectivity index (χ4v) is 3.13. The molecule has 1 fully saturated rings. The van der Waals surface area contributed by atoms with E-state index in [0.717, 1.165) is 16.9 Å². The van der Waals surface area contributed by atoms with E-state index in [2.05, 4.69) is 11.1 Å². The Bertz CT molecular complexity index is 577. The van der Waals surface area contributed by atoms with Crippen molar-refractivity contribution in [3.05, 3.63) is 48.8 Å². The standard InChI is InChI=1S/C18H22N2O/c19-13-18(9-3-4-10-18)14-21-17-6-2-1-5-16(17)15-7-11-20-12-8-15/h1-2,5-8,11-12H,3-4,9-10,13-14,19H2. The molecule has 3 nitrogen and oxygen atoms in total. The zero-order valence-corrected chi connectivity index (χ0v) is 12.3. The molecule has 0 bridgehead atoms. The maximum Gasteiger partial charge on any atom is 0.127 e. The number of benzene rings is 1. The van der Waals surface area contributed by atoms with E-state index in [1.807, 2.05) is 42.7 Å². The lowest BCUT2D eigenvalue weighted by Gasteiger charge is -2.27. The highest BCUT2D eigenvalue weighted by Crippen LogP contribution is 2.38. The molecule has 0 spiro atoms. The average Bonchev–Trinajstić information content (AvgIpc) is 3.04. The van der Waals surface area contributed by atoms with Gasteiger partial charge in [0.2, 0.25) is 0 Å². The minimum atomic E-state index is 0.172. The van der Waals surface area contributed by atoms with E-state index in [4.69, 9.17) is 10.5 Å². The van der Waals surface area contributed by atoms with Crippen LogP contribution in [-0.2, 0) is 0 Å². The maximum absolute atomic E-state index is 6.17. The van der Waals surface area contributed by atoms with E-state index in [-0.39, 0.29) is 5.41 Å². The molecule has 2 aromatic rings. The number of hydrogen-bond donors (Lipinski definition) is 1. The summed E-state index contributed by atoms with van der Waals surface area (Å²) in [6.45, 7) is 1.43. The number of nitrogens with zero attached hydrogens (tertiary/aromatic N) is 1. The lowest BCUT2D eigenvalue weighted by Crippen LogP contribution is -2.33. The van der Waals surface area contributed by atoms with Crippen LogP contribution in [0.3, 0.4) is 0 Å². The molecule has 3 rings (SSSR count). The Morgan fingerprint density at radius 3 is 2.48 bits per heavy atom. The maximum atomic E-state index is 6.17. The first-order chi connectivity index (χ1) is 10.3. The van der Waals surface area contributed by atoms with E-state index < -0.39 is 0 Å². The molecule has 0 aliphatic heterocycles. The molecule has 1 heterocycles. The molecule has 0 unspecified atom stereocenters. The number of pyridine rings is 1. The van der Waals surface area contributed by atoms with Crippen molar-refractivity contribution in [3.8, 4) is 16.9 Å². The Morgan fingerprint density at radius 2 is 1.76 bits per heavy atom. The molecule has 3 heteroatoms. The normalized spacial score (nSPS) is 16.8. The highest BCUT2D eigenvalue weighted by atomic mass is 16.5. The first-order valence-electron chi connectivity index (χ1n) is 7.65. The molecule has 1 aliphatic rings. The quantitative estimate of drug-likeness (QED) is 0.910. The molecular weight excluding hydrogens is 260 g/mol. The van der Waals surface area contributed by atoms with Gasteiger partial charge in [-0.2, -0.15) is 0 Å². The first kappa shape index (κ1) is 14.1. The molecule has 0 saturated heterocycles. The fourth-order valence-electron chi connectivity index (χ4n) is 3.13. The van der Waals surface area contributed by atoms with Crippen LogP contribution in [-0.4, -0.2) is 18.1 Å². The van der Waals surface area contributed by atoms with Crippen LogP contribution < -0.4 is 10.5 Å². The van der Waals surface area contributed by atoms with Gasteiger partial charge >= 0.3 is 0 Å². The lowest BCUT2D eigenvalue weighted by atomic mass is 9.87. The zero-order chi connectivity index (χ0) is 14.5. The van der Waals surface area contributed by atoms with Crippen molar-refractivity contribution in [1.82, 2.24) is 4.98 Å². The summed E-state index contributed by atoms with van der Waals surface area (Å²) in [5.74, 6) is 0.934. The van der Waals surface area contributed by atoms with Gasteiger partial charge in [-0.05, 0) is 36.6 Å². The Balaban J connectivity index is 1.80. The van der Waals surface area contributed by atoms with Crippen molar-refractivity contribution in [2.45, 2.75) is 25.7 Å². The molecule has 1 aromatic carbocycles. The summed E-state index contributed by atoms with van der Waals surface area (Å²) in [4.78, 5) is 4.08. The summed E-state index contributed by atoms with van der Waals surface area (Å²) >= 11 is 0. The van der Waals surface area contributed by atoms with Crippen LogP contribution in [0.1, 0.15) is 25.7 Å². The molecule has 2 N–H and O–H groups in total. The summed E-state index contributed by atoms with van der Waals surface area (Å²) in [6, 6.07) is 12.2. The second-order valence-electron chi connectivity index (χ2n) is 5.93. The van der Waals surface area contributed by atoms with Gasteiger partial charge in [0.05, 0.1) is 6.61 Å². The fraction of sp³-hybridized carbons (Fsp3) is 0.389. The summed E-state index contributed by atoms with van der Waals surface area (Å²) in [5, 5.41) is 0. The van der Waals surface area contributed by atoms with Gasteiger partial charge in [-0.1, -0.05) is 31.0 Å². The monoisotopic (exact) mass is 282 g/mol. The van der Waals surface area contributed by atoms with Crippen molar-refractivity contribution >= 4 is 0 Å². The SMILES string of the molecule is NCC1(COc2ccccc2-c2ccncc2)CCCC1. The molecule has 1 aromatic heterocycles. The zero-order valence-electron chi connectivity index (χ0n) is 12.3. The molecule has 1 aliphatic carbocycles. The number of nitrogens with two attached hydrogens (primary N) is 1. The predicted octanol–water partition coefficient (Wildman–Crippen LogP) is 3.65. The minimum absolute atomic E-state index is 0.172. The van der Waals surface area contributed by atoms with Gasteiger partial charge in [0.15, 0.2) is 0 Å². The second-order valence-corrected chi connectivity index (χ2v) is 5.93. The van der Waals surface area contributed by atoms with Crippen molar-refractivity contribution in [3.63, 3.8) is 0 Å². The van der Waals surface area contributed by atoms with Gasteiger partial charge < -0.3 is 10.5 Å². The number of para-hydroxylation sites is 1. The minimum Gasteiger partial charge on any atom is -0.492 e. The van der Waals surface area contributed by atoms with Crippen LogP contribution in [0.2, 0.25) is 0 Å². The van der Waals surface area contributed by atoms with Gasteiger partial charge in [-0.25, -0.2) is 0 Å². The van der Waals surface area contributed by atoms with Crippen LogP contribution in [0, 0.1) is 5.41 Å². The second kappa shape index (κ2) is 6.27. The van der Waals surface area contributed by atoms with E-state index in [0.29, 0.717) is 13.2 Å². The number of aromatic nitrogens is 1. The van der Waals surface area contributed by atoms with E-state index >= 15 is 0 Å². The lowest BCUT2D eigenvalue weighted by molar-refractivity contribution is 0.157. The van der Waals surface area contributed by atoms with Crippen LogP contribution in [0.4, 0.5) is 0 Å². The van der Waals surface area contributed by atoms with Crippen molar-refractivity contribution in [1.29, 1.82) is 0 Å². The third kappa shape index (κ3) is 3.08. The van der Waals surface area contributed by atoms with Gasteiger partial charge in [0.25, 0.3) is 0 Å². The predicted molar refractivity (Wildman–Crippen MR) is 85.1 cm³/mol. The summed E-state index contributed by atoms with van der Waals surface area (Å²) in [7, 11) is 0. The Hall–Kier alpha value is -1.87. The van der Waals surface area contributed by atoms with Gasteiger partial charge in [-0.15, -0.1) is 0 Å². The smallest absolute Gasteiger partial charge is 0.127 e. The summed E-state index contributed by atoms with van der Waals surface area (Å²) in [5.41, 5.74) is 8.41. The van der Waals surface area contributed by atoms with Gasteiger partial charge in [0.1, 0.15) is 5.75 Å².